The van der Waals surface area contributed by atoms with Gasteiger partial charge in [-0.25, -0.2) is 12.8 Å². The summed E-state index contributed by atoms with van der Waals surface area (Å²) in [5, 5.41) is 10.4. The summed E-state index contributed by atoms with van der Waals surface area (Å²) in [4.78, 5) is 1.89. The third kappa shape index (κ3) is 3.56. The average Bonchev–Trinajstić information content (AvgIpc) is 3.32. The molecule has 4 rings (SSSR count). The van der Waals surface area contributed by atoms with Crippen LogP contribution in [0.4, 0.5) is 10.1 Å². The predicted octanol–water partition coefficient (Wildman–Crippen LogP) is 1.07. The van der Waals surface area contributed by atoms with Gasteiger partial charge < -0.3 is 14.6 Å². The summed E-state index contributed by atoms with van der Waals surface area (Å²) in [6.07, 6.45) is 0.400. The van der Waals surface area contributed by atoms with Crippen molar-refractivity contribution in [2.75, 3.05) is 37.6 Å². The number of rotatable bonds is 4. The zero-order valence-corrected chi connectivity index (χ0v) is 15.8. The molecule has 2 aliphatic heterocycles. The molecule has 0 aliphatic carbocycles. The number of aryl methyl sites for hydroxylation is 1. The van der Waals surface area contributed by atoms with E-state index in [1.165, 1.54) is 10.4 Å². The van der Waals surface area contributed by atoms with Gasteiger partial charge in [0, 0.05) is 39.6 Å². The lowest BCUT2D eigenvalue weighted by atomic mass is 10.2. The van der Waals surface area contributed by atoms with Gasteiger partial charge in [-0.3, -0.25) is 0 Å². The van der Waals surface area contributed by atoms with Gasteiger partial charge in [-0.05, 0) is 18.6 Å². The molecule has 8 nitrogen and oxygen atoms in total. The van der Waals surface area contributed by atoms with Gasteiger partial charge in [-0.15, -0.1) is 10.2 Å². The molecule has 1 aromatic heterocycles. The highest BCUT2D eigenvalue weighted by Gasteiger charge is 2.41. The van der Waals surface area contributed by atoms with Crippen LogP contribution in [0.15, 0.2) is 28.7 Å². The summed E-state index contributed by atoms with van der Waals surface area (Å²) < 4.78 is 46.9. The van der Waals surface area contributed by atoms with Crippen molar-refractivity contribution in [1.82, 2.24) is 19.8 Å². The molecule has 0 radical (unpaired) electrons. The lowest BCUT2D eigenvalue weighted by Crippen LogP contribution is -2.51. The summed E-state index contributed by atoms with van der Waals surface area (Å²) in [7, 11) is -3.45. The maximum atomic E-state index is 14.0. The fraction of sp³-hybridized carbons (Fsp3) is 0.529. The van der Waals surface area contributed by atoms with Crippen LogP contribution in [0.2, 0.25) is 0 Å². The molecule has 2 saturated heterocycles. The van der Waals surface area contributed by atoms with E-state index in [1.807, 2.05) is 4.90 Å². The first-order valence-corrected chi connectivity index (χ1v) is 10.5. The molecule has 2 aliphatic rings. The number of hydrogen-bond donors (Lipinski definition) is 1. The second kappa shape index (κ2) is 7.17. The Morgan fingerprint density at radius 2 is 1.93 bits per heavy atom. The summed E-state index contributed by atoms with van der Waals surface area (Å²) in [6, 6.07) is 6.32. The van der Waals surface area contributed by atoms with Crippen LogP contribution in [-0.4, -0.2) is 60.9 Å². The molecule has 10 heteroatoms. The molecule has 27 heavy (non-hydrogen) atoms. The number of aromatic nitrogens is 2. The molecule has 2 fully saturated rings. The van der Waals surface area contributed by atoms with Crippen LogP contribution in [0.1, 0.15) is 24.2 Å². The van der Waals surface area contributed by atoms with Crippen LogP contribution in [0, 0.1) is 12.7 Å². The third-order valence-electron chi connectivity index (χ3n) is 5.14. The van der Waals surface area contributed by atoms with Crippen molar-refractivity contribution in [2.45, 2.75) is 24.6 Å². The summed E-state index contributed by atoms with van der Waals surface area (Å²) in [6.45, 7) is 3.67. The Bertz CT molecular complexity index is 911. The van der Waals surface area contributed by atoms with E-state index in [2.05, 4.69) is 15.5 Å². The highest BCUT2D eigenvalue weighted by atomic mass is 32.2. The number of hydrogen-bond acceptors (Lipinski definition) is 7. The van der Waals surface area contributed by atoms with Crippen LogP contribution >= 0.6 is 0 Å². The van der Waals surface area contributed by atoms with Crippen LogP contribution in [0.3, 0.4) is 0 Å². The van der Waals surface area contributed by atoms with Gasteiger partial charge >= 0.3 is 0 Å². The van der Waals surface area contributed by atoms with E-state index in [0.717, 1.165) is 0 Å². The van der Waals surface area contributed by atoms with Crippen LogP contribution in [-0.2, 0) is 10.0 Å². The van der Waals surface area contributed by atoms with Gasteiger partial charge in [-0.2, -0.15) is 4.31 Å². The molecule has 1 N–H and O–H groups in total. The Kier molecular flexibility index (Phi) is 4.87. The molecular weight excluding hydrogens is 373 g/mol. The molecule has 2 aromatic rings. The molecule has 0 bridgehead atoms. The minimum absolute atomic E-state index is 0.245. The fourth-order valence-corrected chi connectivity index (χ4v) is 5.51. The number of halogens is 1. The largest absolute Gasteiger partial charge is 0.424 e. The second-order valence-corrected chi connectivity index (χ2v) is 9.07. The van der Waals surface area contributed by atoms with E-state index in [-0.39, 0.29) is 11.9 Å². The second-order valence-electron chi connectivity index (χ2n) is 6.86. The quantitative estimate of drug-likeness (QED) is 0.828. The fourth-order valence-electron chi connectivity index (χ4n) is 3.67. The first-order chi connectivity index (χ1) is 12.9. The number of anilines is 1. The van der Waals surface area contributed by atoms with Crippen molar-refractivity contribution in [1.29, 1.82) is 0 Å². The zero-order valence-electron chi connectivity index (χ0n) is 15.0. The Morgan fingerprint density at radius 3 is 2.59 bits per heavy atom. The monoisotopic (exact) mass is 395 g/mol. The first kappa shape index (κ1) is 18.3. The molecule has 2 unspecified atom stereocenters. The Balaban J connectivity index is 1.40. The van der Waals surface area contributed by atoms with E-state index >= 15 is 0 Å². The molecule has 0 saturated carbocycles. The van der Waals surface area contributed by atoms with Crippen LogP contribution in [0.5, 0.6) is 0 Å². The molecule has 146 valence electrons. The Labute approximate surface area is 157 Å². The van der Waals surface area contributed by atoms with Crippen molar-refractivity contribution >= 4 is 15.7 Å². The van der Waals surface area contributed by atoms with E-state index in [0.29, 0.717) is 56.6 Å². The van der Waals surface area contributed by atoms with Crippen LogP contribution in [0.25, 0.3) is 0 Å². The van der Waals surface area contributed by atoms with Crippen molar-refractivity contribution < 1.29 is 17.2 Å². The highest BCUT2D eigenvalue weighted by Crippen LogP contribution is 2.29. The SMILES string of the molecule is Cc1nnc(C2CC(S(=O)(=O)N3CCN(c4ccccc4F)CC3)CN2)o1. The predicted molar refractivity (Wildman–Crippen MR) is 97.3 cm³/mol. The average molecular weight is 395 g/mol. The van der Waals surface area contributed by atoms with Crippen LogP contribution < -0.4 is 10.2 Å². The third-order valence-corrected chi connectivity index (χ3v) is 7.43. The van der Waals surface area contributed by atoms with E-state index in [4.69, 9.17) is 4.42 Å². The van der Waals surface area contributed by atoms with E-state index in [9.17, 15) is 12.8 Å². The first-order valence-electron chi connectivity index (χ1n) is 8.97. The van der Waals surface area contributed by atoms with Crippen molar-refractivity contribution in [3.05, 3.63) is 41.9 Å². The van der Waals surface area contributed by atoms with E-state index < -0.39 is 15.3 Å². The minimum Gasteiger partial charge on any atom is -0.424 e. The Morgan fingerprint density at radius 1 is 1.19 bits per heavy atom. The van der Waals surface area contributed by atoms with Crippen molar-refractivity contribution in [2.24, 2.45) is 0 Å². The number of benzene rings is 1. The van der Waals surface area contributed by atoms with Crippen molar-refractivity contribution in [3.63, 3.8) is 0 Å². The Hall–Kier alpha value is -2.04. The smallest absolute Gasteiger partial charge is 0.233 e. The van der Waals surface area contributed by atoms with Crippen molar-refractivity contribution in [3.8, 4) is 0 Å². The van der Waals surface area contributed by atoms with Gasteiger partial charge in [0.2, 0.25) is 21.8 Å². The number of sulfonamides is 1. The normalized spacial score (nSPS) is 24.4. The standard InChI is InChI=1S/C17H22FN5O3S/c1-12-20-21-17(26-12)15-10-13(11-19-15)27(24,25)23-8-6-22(7-9-23)16-5-3-2-4-14(16)18/h2-5,13,15,19H,6-11H2,1H3. The number of nitrogens with one attached hydrogen (secondary N) is 1. The summed E-state index contributed by atoms with van der Waals surface area (Å²) >= 11 is 0. The molecule has 1 aromatic carbocycles. The van der Waals surface area contributed by atoms with Gasteiger partial charge in [0.05, 0.1) is 17.0 Å². The molecule has 0 spiro atoms. The lowest BCUT2D eigenvalue weighted by molar-refractivity contribution is 0.376. The highest BCUT2D eigenvalue weighted by molar-refractivity contribution is 7.89. The number of para-hydroxylation sites is 1. The van der Waals surface area contributed by atoms with E-state index in [1.54, 1.807) is 25.1 Å². The molecule has 3 heterocycles. The molecular formula is C17H22FN5O3S. The lowest BCUT2D eigenvalue weighted by Gasteiger charge is -2.36. The maximum Gasteiger partial charge on any atom is 0.233 e. The topological polar surface area (TPSA) is 91.6 Å². The summed E-state index contributed by atoms with van der Waals surface area (Å²) in [5.41, 5.74) is 0.518. The summed E-state index contributed by atoms with van der Waals surface area (Å²) in [5.74, 6) is 0.600. The number of nitrogens with zero attached hydrogens (tertiary/aromatic N) is 4. The molecule has 2 atom stereocenters. The molecule has 0 amide bonds. The van der Waals surface area contributed by atoms with Gasteiger partial charge in [0.1, 0.15) is 5.82 Å². The van der Waals surface area contributed by atoms with Gasteiger partial charge in [-0.1, -0.05) is 12.1 Å². The number of piperazine rings is 1. The van der Waals surface area contributed by atoms with Gasteiger partial charge in [0.15, 0.2) is 0 Å². The minimum atomic E-state index is -3.45. The van der Waals surface area contributed by atoms with Gasteiger partial charge in [0.25, 0.3) is 0 Å². The zero-order chi connectivity index (χ0) is 19.0. The maximum absolute atomic E-state index is 14.0.